The number of aryl methyl sites for hydroxylation is 2. The molecular weight excluding hydrogens is 490 g/mol. The van der Waals surface area contributed by atoms with Gasteiger partial charge in [-0.2, -0.15) is 0 Å². The van der Waals surface area contributed by atoms with Gasteiger partial charge in [-0.15, -0.1) is 0 Å². The lowest BCUT2D eigenvalue weighted by atomic mass is 10.0. The Bertz CT molecular complexity index is 1370. The molecule has 1 aromatic heterocycles. The number of hydrogen-bond acceptors (Lipinski definition) is 6. The van der Waals surface area contributed by atoms with Gasteiger partial charge in [0.15, 0.2) is 5.60 Å². The van der Waals surface area contributed by atoms with E-state index in [0.717, 1.165) is 46.7 Å². The first-order valence-corrected chi connectivity index (χ1v) is 13.5. The Morgan fingerprint density at radius 2 is 1.59 bits per heavy atom. The SMILES string of the molecule is CCCc1cc(OCCc2nc(-c3ccc(-c4ccccc4)cc3)oc2C)ccc1OC(C)(C)C(=O)OCC. The predicted molar refractivity (Wildman–Crippen MR) is 153 cm³/mol. The van der Waals surface area contributed by atoms with Crippen LogP contribution in [-0.4, -0.2) is 29.8 Å². The van der Waals surface area contributed by atoms with Gasteiger partial charge in [-0.3, -0.25) is 0 Å². The van der Waals surface area contributed by atoms with Crippen LogP contribution in [0.25, 0.3) is 22.6 Å². The highest BCUT2D eigenvalue weighted by molar-refractivity contribution is 5.79. The highest BCUT2D eigenvalue weighted by Gasteiger charge is 2.32. The third kappa shape index (κ3) is 7.08. The molecule has 0 saturated carbocycles. The van der Waals surface area contributed by atoms with E-state index in [2.05, 4.69) is 31.2 Å². The maximum absolute atomic E-state index is 12.3. The smallest absolute Gasteiger partial charge is 0.349 e. The number of oxazole rings is 1. The number of aromatic nitrogens is 1. The topological polar surface area (TPSA) is 70.8 Å². The van der Waals surface area contributed by atoms with Crippen LogP contribution in [0.2, 0.25) is 0 Å². The number of nitrogens with zero attached hydrogens (tertiary/aromatic N) is 1. The van der Waals surface area contributed by atoms with Crippen LogP contribution in [0.15, 0.2) is 77.2 Å². The minimum Gasteiger partial charge on any atom is -0.493 e. The van der Waals surface area contributed by atoms with Gasteiger partial charge in [0.25, 0.3) is 0 Å². The molecule has 0 radical (unpaired) electrons. The van der Waals surface area contributed by atoms with Gasteiger partial charge in [0.2, 0.25) is 5.89 Å². The van der Waals surface area contributed by atoms with Crippen molar-refractivity contribution in [2.45, 2.75) is 59.5 Å². The fourth-order valence-electron chi connectivity index (χ4n) is 4.32. The summed E-state index contributed by atoms with van der Waals surface area (Å²) in [6.07, 6.45) is 2.36. The molecule has 0 saturated heterocycles. The van der Waals surface area contributed by atoms with Gasteiger partial charge in [-0.25, -0.2) is 9.78 Å². The van der Waals surface area contributed by atoms with E-state index >= 15 is 0 Å². The summed E-state index contributed by atoms with van der Waals surface area (Å²) in [6.45, 7) is 10.0. The molecule has 0 bridgehead atoms. The minimum absolute atomic E-state index is 0.313. The Morgan fingerprint density at radius 3 is 2.28 bits per heavy atom. The second-order valence-electron chi connectivity index (χ2n) is 9.92. The van der Waals surface area contributed by atoms with E-state index in [1.165, 1.54) is 5.56 Å². The monoisotopic (exact) mass is 527 g/mol. The molecule has 0 N–H and O–H groups in total. The summed E-state index contributed by atoms with van der Waals surface area (Å²) < 4.78 is 23.3. The molecular formula is C33H37NO5. The minimum atomic E-state index is -1.08. The number of ether oxygens (including phenoxy) is 3. The highest BCUT2D eigenvalue weighted by atomic mass is 16.6. The van der Waals surface area contributed by atoms with Crippen molar-refractivity contribution in [3.05, 3.63) is 89.8 Å². The van der Waals surface area contributed by atoms with E-state index in [4.69, 9.17) is 23.6 Å². The largest absolute Gasteiger partial charge is 0.493 e. The molecule has 3 aromatic carbocycles. The second-order valence-corrected chi connectivity index (χ2v) is 9.92. The summed E-state index contributed by atoms with van der Waals surface area (Å²) >= 11 is 0. The molecule has 1 heterocycles. The molecule has 0 aliphatic rings. The maximum Gasteiger partial charge on any atom is 0.349 e. The molecule has 39 heavy (non-hydrogen) atoms. The summed E-state index contributed by atoms with van der Waals surface area (Å²) in [4.78, 5) is 17.0. The van der Waals surface area contributed by atoms with Crippen LogP contribution in [0.1, 0.15) is 51.1 Å². The van der Waals surface area contributed by atoms with E-state index in [1.54, 1.807) is 20.8 Å². The Hall–Kier alpha value is -4.06. The Balaban J connectivity index is 1.39. The molecule has 0 spiro atoms. The summed E-state index contributed by atoms with van der Waals surface area (Å²) in [7, 11) is 0. The van der Waals surface area contributed by atoms with Crippen molar-refractivity contribution >= 4 is 5.97 Å². The Morgan fingerprint density at radius 1 is 0.897 bits per heavy atom. The van der Waals surface area contributed by atoms with Crippen LogP contribution in [0.4, 0.5) is 0 Å². The second kappa shape index (κ2) is 12.7. The van der Waals surface area contributed by atoms with Crippen LogP contribution >= 0.6 is 0 Å². The van der Waals surface area contributed by atoms with Gasteiger partial charge < -0.3 is 18.6 Å². The van der Waals surface area contributed by atoms with E-state index < -0.39 is 5.60 Å². The van der Waals surface area contributed by atoms with Crippen molar-refractivity contribution < 1.29 is 23.4 Å². The summed E-state index contributed by atoms with van der Waals surface area (Å²) in [5.41, 5.74) is 4.06. The lowest BCUT2D eigenvalue weighted by molar-refractivity contribution is -0.158. The number of esters is 1. The average Bonchev–Trinajstić information content (AvgIpc) is 3.31. The zero-order valence-electron chi connectivity index (χ0n) is 23.5. The van der Waals surface area contributed by atoms with Crippen LogP contribution in [0.3, 0.4) is 0 Å². The molecule has 0 aliphatic heterocycles. The van der Waals surface area contributed by atoms with Crippen LogP contribution < -0.4 is 9.47 Å². The van der Waals surface area contributed by atoms with E-state index in [-0.39, 0.29) is 5.97 Å². The predicted octanol–water partition coefficient (Wildman–Crippen LogP) is 7.61. The molecule has 0 atom stereocenters. The first-order valence-electron chi connectivity index (χ1n) is 13.5. The number of hydrogen-bond donors (Lipinski definition) is 0. The number of benzene rings is 3. The number of carbonyl (C=O) groups is 1. The van der Waals surface area contributed by atoms with Crippen LogP contribution in [0.5, 0.6) is 11.5 Å². The van der Waals surface area contributed by atoms with Crippen molar-refractivity contribution in [2.24, 2.45) is 0 Å². The van der Waals surface area contributed by atoms with Gasteiger partial charge in [0.1, 0.15) is 17.3 Å². The zero-order valence-corrected chi connectivity index (χ0v) is 23.5. The Kier molecular flexibility index (Phi) is 9.07. The van der Waals surface area contributed by atoms with E-state index in [9.17, 15) is 4.79 Å². The third-order valence-electron chi connectivity index (χ3n) is 6.42. The van der Waals surface area contributed by atoms with Crippen LogP contribution in [0, 0.1) is 6.92 Å². The van der Waals surface area contributed by atoms with Crippen molar-refractivity contribution in [1.29, 1.82) is 0 Å². The zero-order chi connectivity index (χ0) is 27.8. The quantitative estimate of drug-likeness (QED) is 0.177. The average molecular weight is 528 g/mol. The van der Waals surface area contributed by atoms with Crippen molar-refractivity contribution in [2.75, 3.05) is 13.2 Å². The van der Waals surface area contributed by atoms with Gasteiger partial charge >= 0.3 is 5.97 Å². The molecule has 6 nitrogen and oxygen atoms in total. The third-order valence-corrected chi connectivity index (χ3v) is 6.42. The summed E-state index contributed by atoms with van der Waals surface area (Å²) in [5.74, 6) is 2.42. The lowest BCUT2D eigenvalue weighted by Crippen LogP contribution is -2.40. The molecule has 4 aromatic rings. The molecule has 0 amide bonds. The van der Waals surface area contributed by atoms with Crippen molar-refractivity contribution in [3.8, 4) is 34.1 Å². The first kappa shape index (κ1) is 28.0. The van der Waals surface area contributed by atoms with E-state index in [0.29, 0.717) is 31.3 Å². The highest BCUT2D eigenvalue weighted by Crippen LogP contribution is 2.30. The van der Waals surface area contributed by atoms with Gasteiger partial charge in [0.05, 0.1) is 18.9 Å². The fraction of sp³-hybridized carbons (Fsp3) is 0.333. The van der Waals surface area contributed by atoms with Crippen molar-refractivity contribution in [1.82, 2.24) is 4.98 Å². The fourth-order valence-corrected chi connectivity index (χ4v) is 4.32. The number of rotatable bonds is 12. The van der Waals surface area contributed by atoms with Gasteiger partial charge in [-0.1, -0.05) is 55.8 Å². The molecule has 204 valence electrons. The Labute approximate surface area is 230 Å². The molecule has 6 heteroatoms. The molecule has 4 rings (SSSR count). The first-order chi connectivity index (χ1) is 18.8. The number of carbonyl (C=O) groups excluding carboxylic acids is 1. The normalized spacial score (nSPS) is 11.3. The maximum atomic E-state index is 12.3. The summed E-state index contributed by atoms with van der Waals surface area (Å²) in [6, 6.07) is 24.2. The van der Waals surface area contributed by atoms with Gasteiger partial charge in [-0.05, 0) is 81.1 Å². The molecule has 0 fully saturated rings. The van der Waals surface area contributed by atoms with E-state index in [1.807, 2.05) is 55.5 Å². The standard InChI is InChI=1S/C33H37NO5/c1-6-11-27-22-28(18-19-30(27)39-33(4,5)32(35)36-7-2)37-21-20-29-23(3)38-31(34-29)26-16-14-25(15-17-26)24-12-9-8-10-13-24/h8-10,12-19,22H,6-7,11,20-21H2,1-5H3. The van der Waals surface area contributed by atoms with Crippen LogP contribution in [-0.2, 0) is 22.4 Å². The lowest BCUT2D eigenvalue weighted by Gasteiger charge is -2.25. The van der Waals surface area contributed by atoms with Crippen molar-refractivity contribution in [3.63, 3.8) is 0 Å². The molecule has 0 unspecified atom stereocenters. The summed E-state index contributed by atoms with van der Waals surface area (Å²) in [5, 5.41) is 0. The van der Waals surface area contributed by atoms with Gasteiger partial charge in [0, 0.05) is 12.0 Å². The molecule has 0 aliphatic carbocycles.